The first-order valence-corrected chi connectivity index (χ1v) is 5.08. The number of pyridine rings is 1. The first-order valence-electron chi connectivity index (χ1n) is 3.47. The summed E-state index contributed by atoms with van der Waals surface area (Å²) in [5, 5.41) is 8.79. The third-order valence-corrected chi connectivity index (χ3v) is 2.59. The molecule has 0 aliphatic heterocycles. The van der Waals surface area contributed by atoms with E-state index in [0.29, 0.717) is 5.13 Å². The second-order valence-corrected chi connectivity index (χ2v) is 4.11. The monoisotopic (exact) mass is 256 g/mol. The van der Waals surface area contributed by atoms with Crippen LogP contribution in [0.25, 0.3) is 10.7 Å². The molecule has 6 heteroatoms. The highest BCUT2D eigenvalue weighted by Crippen LogP contribution is 2.23. The zero-order chi connectivity index (χ0) is 9.26. The first kappa shape index (κ1) is 8.58. The van der Waals surface area contributed by atoms with Crippen molar-refractivity contribution in [1.29, 1.82) is 0 Å². The molecule has 0 spiro atoms. The summed E-state index contributed by atoms with van der Waals surface area (Å²) in [5.41, 5.74) is 6.24. The SMILES string of the molecule is Nc1nnc(-c2cccc(Br)n2)s1. The van der Waals surface area contributed by atoms with Crippen LogP contribution in [0.1, 0.15) is 0 Å². The fourth-order valence-corrected chi connectivity index (χ4v) is 1.79. The highest BCUT2D eigenvalue weighted by molar-refractivity contribution is 9.10. The number of halogens is 1. The van der Waals surface area contributed by atoms with Crippen LogP contribution in [0.15, 0.2) is 22.8 Å². The Balaban J connectivity index is 2.46. The molecule has 0 unspecified atom stereocenters. The fraction of sp³-hybridized carbons (Fsp3) is 0. The van der Waals surface area contributed by atoms with Gasteiger partial charge in [0.2, 0.25) is 5.13 Å². The predicted octanol–water partition coefficient (Wildman–Crippen LogP) is 1.94. The van der Waals surface area contributed by atoms with Crippen LogP contribution in [0.4, 0.5) is 5.13 Å². The number of nitrogens with zero attached hydrogens (tertiary/aromatic N) is 3. The van der Waals surface area contributed by atoms with Crippen molar-refractivity contribution in [2.45, 2.75) is 0 Å². The molecule has 4 nitrogen and oxygen atoms in total. The van der Waals surface area contributed by atoms with Crippen LogP contribution < -0.4 is 5.73 Å². The van der Waals surface area contributed by atoms with Crippen LogP contribution in [-0.4, -0.2) is 15.2 Å². The predicted molar refractivity (Wildman–Crippen MR) is 55.3 cm³/mol. The molecule has 2 aromatic heterocycles. The number of anilines is 1. The maximum atomic E-state index is 5.46. The molecule has 2 N–H and O–H groups in total. The number of hydrogen-bond acceptors (Lipinski definition) is 5. The van der Waals surface area contributed by atoms with E-state index < -0.39 is 0 Å². The van der Waals surface area contributed by atoms with Gasteiger partial charge in [0.1, 0.15) is 10.3 Å². The van der Waals surface area contributed by atoms with Crippen LogP contribution in [-0.2, 0) is 0 Å². The molecule has 0 aromatic carbocycles. The summed E-state index contributed by atoms with van der Waals surface area (Å²) in [6.45, 7) is 0. The van der Waals surface area contributed by atoms with E-state index in [4.69, 9.17) is 5.73 Å². The second kappa shape index (κ2) is 3.39. The minimum Gasteiger partial charge on any atom is -0.374 e. The lowest BCUT2D eigenvalue weighted by Crippen LogP contribution is -1.82. The second-order valence-electron chi connectivity index (χ2n) is 2.29. The molecular formula is C7H5BrN4S. The van der Waals surface area contributed by atoms with E-state index in [0.717, 1.165) is 15.3 Å². The average molecular weight is 257 g/mol. The Morgan fingerprint density at radius 1 is 1.31 bits per heavy atom. The van der Waals surface area contributed by atoms with Crippen molar-refractivity contribution in [3.8, 4) is 10.7 Å². The Kier molecular flexibility index (Phi) is 2.24. The van der Waals surface area contributed by atoms with Gasteiger partial charge < -0.3 is 5.73 Å². The molecular weight excluding hydrogens is 252 g/mol. The summed E-state index contributed by atoms with van der Waals surface area (Å²) in [6, 6.07) is 5.61. The smallest absolute Gasteiger partial charge is 0.203 e. The van der Waals surface area contributed by atoms with Crippen LogP contribution in [0.2, 0.25) is 0 Å². The molecule has 0 fully saturated rings. The number of nitrogens with two attached hydrogens (primary N) is 1. The molecule has 66 valence electrons. The van der Waals surface area contributed by atoms with Crippen molar-refractivity contribution in [3.63, 3.8) is 0 Å². The van der Waals surface area contributed by atoms with Crippen molar-refractivity contribution in [3.05, 3.63) is 22.8 Å². The fourth-order valence-electron chi connectivity index (χ4n) is 0.865. The number of aromatic nitrogens is 3. The van der Waals surface area contributed by atoms with Crippen LogP contribution >= 0.6 is 27.3 Å². The Bertz CT molecular complexity index is 428. The molecule has 0 saturated heterocycles. The first-order chi connectivity index (χ1) is 6.25. The molecule has 0 atom stereocenters. The van der Waals surface area contributed by atoms with E-state index >= 15 is 0 Å². The molecule has 2 heterocycles. The van der Waals surface area contributed by atoms with Gasteiger partial charge in [-0.3, -0.25) is 0 Å². The van der Waals surface area contributed by atoms with Gasteiger partial charge in [0.15, 0.2) is 5.01 Å². The van der Waals surface area contributed by atoms with Gasteiger partial charge in [-0.15, -0.1) is 10.2 Å². The molecule has 0 saturated carbocycles. The lowest BCUT2D eigenvalue weighted by atomic mass is 10.4. The van der Waals surface area contributed by atoms with Gasteiger partial charge in [-0.1, -0.05) is 17.4 Å². The van der Waals surface area contributed by atoms with E-state index in [-0.39, 0.29) is 0 Å². The van der Waals surface area contributed by atoms with Gasteiger partial charge >= 0.3 is 0 Å². The Labute approximate surface area is 87.0 Å². The standard InChI is InChI=1S/C7H5BrN4S/c8-5-3-1-2-4(10-5)6-11-12-7(9)13-6/h1-3H,(H2,9,12). The zero-order valence-corrected chi connectivity index (χ0v) is 8.84. The van der Waals surface area contributed by atoms with Crippen molar-refractivity contribution < 1.29 is 0 Å². The van der Waals surface area contributed by atoms with E-state index in [1.165, 1.54) is 11.3 Å². The quantitative estimate of drug-likeness (QED) is 0.793. The van der Waals surface area contributed by atoms with Gasteiger partial charge in [0.05, 0.1) is 0 Å². The normalized spacial score (nSPS) is 10.2. The topological polar surface area (TPSA) is 64.7 Å². The van der Waals surface area contributed by atoms with Gasteiger partial charge in [0, 0.05) is 0 Å². The average Bonchev–Trinajstić information content (AvgIpc) is 2.52. The third kappa shape index (κ3) is 1.84. The molecule has 0 aliphatic carbocycles. The Morgan fingerprint density at radius 3 is 2.77 bits per heavy atom. The van der Waals surface area contributed by atoms with Crippen molar-refractivity contribution in [1.82, 2.24) is 15.2 Å². The van der Waals surface area contributed by atoms with Crippen molar-refractivity contribution in [2.24, 2.45) is 0 Å². The number of hydrogen-bond donors (Lipinski definition) is 1. The highest BCUT2D eigenvalue weighted by Gasteiger charge is 2.05. The van der Waals surface area contributed by atoms with Crippen molar-refractivity contribution >= 4 is 32.4 Å². The Hall–Kier alpha value is -1.01. The highest BCUT2D eigenvalue weighted by atomic mass is 79.9. The molecule has 0 bridgehead atoms. The summed E-state index contributed by atoms with van der Waals surface area (Å²) in [7, 11) is 0. The third-order valence-electron chi connectivity index (χ3n) is 1.37. The maximum absolute atomic E-state index is 5.46. The van der Waals surface area contributed by atoms with E-state index in [1.807, 2.05) is 18.2 Å². The minimum atomic E-state index is 0.455. The van der Waals surface area contributed by atoms with Crippen LogP contribution in [0.3, 0.4) is 0 Å². The van der Waals surface area contributed by atoms with E-state index in [2.05, 4.69) is 31.1 Å². The van der Waals surface area contributed by atoms with Gasteiger partial charge in [0.25, 0.3) is 0 Å². The molecule has 2 aromatic rings. The molecule has 0 aliphatic rings. The van der Waals surface area contributed by atoms with Gasteiger partial charge in [-0.25, -0.2) is 4.98 Å². The molecule has 13 heavy (non-hydrogen) atoms. The summed E-state index contributed by atoms with van der Waals surface area (Å²) < 4.78 is 0.777. The zero-order valence-electron chi connectivity index (χ0n) is 6.44. The number of rotatable bonds is 1. The van der Waals surface area contributed by atoms with Gasteiger partial charge in [-0.2, -0.15) is 0 Å². The van der Waals surface area contributed by atoms with Crippen LogP contribution in [0, 0.1) is 0 Å². The maximum Gasteiger partial charge on any atom is 0.203 e. The van der Waals surface area contributed by atoms with E-state index in [9.17, 15) is 0 Å². The molecule has 0 radical (unpaired) electrons. The molecule has 2 rings (SSSR count). The summed E-state index contributed by atoms with van der Waals surface area (Å²) in [6.07, 6.45) is 0. The summed E-state index contributed by atoms with van der Waals surface area (Å²) in [5.74, 6) is 0. The summed E-state index contributed by atoms with van der Waals surface area (Å²) in [4.78, 5) is 4.23. The van der Waals surface area contributed by atoms with Crippen LogP contribution in [0.5, 0.6) is 0 Å². The molecule has 0 amide bonds. The lowest BCUT2D eigenvalue weighted by Gasteiger charge is -1.93. The largest absolute Gasteiger partial charge is 0.374 e. The lowest BCUT2D eigenvalue weighted by molar-refractivity contribution is 1.09. The van der Waals surface area contributed by atoms with Gasteiger partial charge in [-0.05, 0) is 28.1 Å². The van der Waals surface area contributed by atoms with E-state index in [1.54, 1.807) is 0 Å². The summed E-state index contributed by atoms with van der Waals surface area (Å²) >= 11 is 4.60. The van der Waals surface area contributed by atoms with Crippen molar-refractivity contribution in [2.75, 3.05) is 5.73 Å². The number of nitrogen functional groups attached to an aromatic ring is 1. The minimum absolute atomic E-state index is 0.455. The Morgan fingerprint density at radius 2 is 2.15 bits per heavy atom.